The van der Waals surface area contributed by atoms with Crippen molar-refractivity contribution in [3.63, 3.8) is 0 Å². The van der Waals surface area contributed by atoms with Gasteiger partial charge in [-0.25, -0.2) is 0 Å². The Hall–Kier alpha value is -0.610. The summed E-state index contributed by atoms with van der Waals surface area (Å²) in [5.74, 6) is 1.48. The highest BCUT2D eigenvalue weighted by Crippen LogP contribution is 2.29. The van der Waals surface area contributed by atoms with Crippen molar-refractivity contribution in [1.82, 2.24) is 5.32 Å². The van der Waals surface area contributed by atoms with Crippen LogP contribution in [0.2, 0.25) is 0 Å². The quantitative estimate of drug-likeness (QED) is 0.775. The fourth-order valence-corrected chi connectivity index (χ4v) is 2.89. The van der Waals surface area contributed by atoms with Crippen molar-refractivity contribution >= 4 is 5.91 Å². The minimum atomic E-state index is -0.692. The van der Waals surface area contributed by atoms with Crippen LogP contribution in [0.25, 0.3) is 0 Å². The molecule has 1 saturated carbocycles. The first-order valence-electron chi connectivity index (χ1n) is 6.75. The molecule has 0 aromatic carbocycles. The lowest BCUT2D eigenvalue weighted by Crippen LogP contribution is -2.57. The molecule has 17 heavy (non-hydrogen) atoms. The molecule has 2 unspecified atom stereocenters. The van der Waals surface area contributed by atoms with Gasteiger partial charge in [-0.2, -0.15) is 0 Å². The van der Waals surface area contributed by atoms with Gasteiger partial charge in [0.15, 0.2) is 0 Å². The van der Waals surface area contributed by atoms with Crippen LogP contribution in [0.3, 0.4) is 0 Å². The average Bonchev–Trinajstić information content (AvgIpc) is 2.73. The van der Waals surface area contributed by atoms with Crippen molar-refractivity contribution in [3.05, 3.63) is 0 Å². The van der Waals surface area contributed by atoms with Crippen molar-refractivity contribution < 1.29 is 9.53 Å². The van der Waals surface area contributed by atoms with Crippen LogP contribution >= 0.6 is 0 Å². The Bertz CT molecular complexity index is 275. The largest absolute Gasteiger partial charge is 0.381 e. The number of nitrogens with two attached hydrogens (primary N) is 1. The lowest BCUT2D eigenvalue weighted by Gasteiger charge is -2.32. The highest BCUT2D eigenvalue weighted by molar-refractivity contribution is 5.86. The van der Waals surface area contributed by atoms with E-state index in [2.05, 4.69) is 12.2 Å². The lowest BCUT2D eigenvalue weighted by atomic mass is 9.90. The summed E-state index contributed by atoms with van der Waals surface area (Å²) in [6.45, 7) is 4.28. The topological polar surface area (TPSA) is 64.4 Å². The zero-order chi connectivity index (χ0) is 12.3. The second-order valence-electron chi connectivity index (χ2n) is 5.76. The Morgan fingerprint density at radius 1 is 1.41 bits per heavy atom. The van der Waals surface area contributed by atoms with Gasteiger partial charge in [0.25, 0.3) is 0 Å². The molecule has 0 spiro atoms. The molecule has 1 saturated heterocycles. The Kier molecular flexibility index (Phi) is 4.05. The SMILES string of the molecule is CC1CCC(CNC(=O)C2(N)CCOCC2)C1. The molecule has 1 amide bonds. The molecule has 4 heteroatoms. The van der Waals surface area contributed by atoms with Gasteiger partial charge in [-0.05, 0) is 37.5 Å². The summed E-state index contributed by atoms with van der Waals surface area (Å²) in [4.78, 5) is 12.1. The summed E-state index contributed by atoms with van der Waals surface area (Å²) < 4.78 is 5.25. The van der Waals surface area contributed by atoms with Crippen LogP contribution < -0.4 is 11.1 Å². The maximum absolute atomic E-state index is 12.1. The predicted octanol–water partition coefficient (Wildman–Crippen LogP) is 1.05. The van der Waals surface area contributed by atoms with Crippen molar-refractivity contribution in [2.24, 2.45) is 17.6 Å². The standard InChI is InChI=1S/C13H24N2O2/c1-10-2-3-11(8-10)9-15-12(16)13(14)4-6-17-7-5-13/h10-11H,2-9,14H2,1H3,(H,15,16). The van der Waals surface area contributed by atoms with E-state index in [0.717, 1.165) is 12.5 Å². The van der Waals surface area contributed by atoms with Crippen LogP contribution in [-0.2, 0) is 9.53 Å². The van der Waals surface area contributed by atoms with Crippen LogP contribution in [0.15, 0.2) is 0 Å². The molecule has 0 aromatic heterocycles. The summed E-state index contributed by atoms with van der Waals surface area (Å²) >= 11 is 0. The van der Waals surface area contributed by atoms with Gasteiger partial charge in [0.05, 0.1) is 5.54 Å². The van der Waals surface area contributed by atoms with Crippen molar-refractivity contribution in [2.45, 2.75) is 44.6 Å². The molecule has 2 atom stereocenters. The minimum Gasteiger partial charge on any atom is -0.381 e. The van der Waals surface area contributed by atoms with Crippen molar-refractivity contribution in [2.75, 3.05) is 19.8 Å². The van der Waals surface area contributed by atoms with E-state index in [4.69, 9.17) is 10.5 Å². The van der Waals surface area contributed by atoms with Crippen LogP contribution in [0.1, 0.15) is 39.0 Å². The molecule has 1 aliphatic heterocycles. The van der Waals surface area contributed by atoms with Crippen molar-refractivity contribution in [3.8, 4) is 0 Å². The van der Waals surface area contributed by atoms with Gasteiger partial charge in [0.1, 0.15) is 0 Å². The van der Waals surface area contributed by atoms with Gasteiger partial charge in [-0.3, -0.25) is 4.79 Å². The number of ether oxygens (including phenoxy) is 1. The third kappa shape index (κ3) is 3.19. The number of rotatable bonds is 3. The van der Waals surface area contributed by atoms with Crippen LogP contribution in [0, 0.1) is 11.8 Å². The Labute approximate surface area is 103 Å². The summed E-state index contributed by atoms with van der Waals surface area (Å²) in [5, 5.41) is 3.04. The van der Waals surface area contributed by atoms with Gasteiger partial charge >= 0.3 is 0 Å². The van der Waals surface area contributed by atoms with Gasteiger partial charge in [-0.15, -0.1) is 0 Å². The maximum atomic E-state index is 12.1. The third-order valence-corrected chi connectivity index (χ3v) is 4.19. The zero-order valence-electron chi connectivity index (χ0n) is 10.7. The number of amides is 1. The molecule has 0 radical (unpaired) electrons. The monoisotopic (exact) mass is 240 g/mol. The first kappa shape index (κ1) is 12.8. The van der Waals surface area contributed by atoms with Gasteiger partial charge in [0, 0.05) is 19.8 Å². The van der Waals surface area contributed by atoms with E-state index in [0.29, 0.717) is 32.0 Å². The number of hydrogen-bond acceptors (Lipinski definition) is 3. The van der Waals surface area contributed by atoms with E-state index in [9.17, 15) is 4.79 Å². The van der Waals surface area contributed by atoms with Gasteiger partial charge < -0.3 is 15.8 Å². The molecule has 1 heterocycles. The van der Waals surface area contributed by atoms with E-state index in [1.807, 2.05) is 0 Å². The van der Waals surface area contributed by atoms with E-state index >= 15 is 0 Å². The molecule has 4 nitrogen and oxygen atoms in total. The Morgan fingerprint density at radius 2 is 2.12 bits per heavy atom. The van der Waals surface area contributed by atoms with E-state index < -0.39 is 5.54 Å². The first-order chi connectivity index (χ1) is 8.10. The van der Waals surface area contributed by atoms with E-state index in [1.165, 1.54) is 19.3 Å². The minimum absolute atomic E-state index is 0.0142. The first-order valence-corrected chi connectivity index (χ1v) is 6.75. The van der Waals surface area contributed by atoms with E-state index in [-0.39, 0.29) is 5.91 Å². The number of hydrogen-bond donors (Lipinski definition) is 2. The maximum Gasteiger partial charge on any atom is 0.240 e. The highest BCUT2D eigenvalue weighted by Gasteiger charge is 2.36. The summed E-state index contributed by atoms with van der Waals surface area (Å²) in [6.07, 6.45) is 5.05. The van der Waals surface area contributed by atoms with Crippen molar-refractivity contribution in [1.29, 1.82) is 0 Å². The van der Waals surface area contributed by atoms with Crippen LogP contribution in [0.5, 0.6) is 0 Å². The summed E-state index contributed by atoms with van der Waals surface area (Å²) in [5.41, 5.74) is 5.43. The highest BCUT2D eigenvalue weighted by atomic mass is 16.5. The van der Waals surface area contributed by atoms with Gasteiger partial charge in [-0.1, -0.05) is 13.3 Å². The Morgan fingerprint density at radius 3 is 2.71 bits per heavy atom. The number of carbonyl (C=O) groups excluding carboxylic acids is 1. The molecule has 0 bridgehead atoms. The molecular weight excluding hydrogens is 216 g/mol. The number of nitrogens with one attached hydrogen (secondary N) is 1. The molecule has 0 aromatic rings. The van der Waals surface area contributed by atoms with Crippen LogP contribution in [0.4, 0.5) is 0 Å². The molecule has 2 aliphatic rings. The third-order valence-electron chi connectivity index (χ3n) is 4.19. The van der Waals surface area contributed by atoms with Gasteiger partial charge in [0.2, 0.25) is 5.91 Å². The molecule has 2 fully saturated rings. The second kappa shape index (κ2) is 5.36. The van der Waals surface area contributed by atoms with E-state index in [1.54, 1.807) is 0 Å². The molecular formula is C13H24N2O2. The summed E-state index contributed by atoms with van der Waals surface area (Å²) in [7, 11) is 0. The summed E-state index contributed by atoms with van der Waals surface area (Å²) in [6, 6.07) is 0. The average molecular weight is 240 g/mol. The fraction of sp³-hybridized carbons (Fsp3) is 0.923. The second-order valence-corrected chi connectivity index (χ2v) is 5.76. The van der Waals surface area contributed by atoms with Crippen LogP contribution in [-0.4, -0.2) is 31.2 Å². The zero-order valence-corrected chi connectivity index (χ0v) is 10.7. The molecule has 2 rings (SSSR count). The molecule has 98 valence electrons. The smallest absolute Gasteiger partial charge is 0.240 e. The lowest BCUT2D eigenvalue weighted by molar-refractivity contribution is -0.129. The fourth-order valence-electron chi connectivity index (χ4n) is 2.89. The normalized spacial score (nSPS) is 32.4. The predicted molar refractivity (Wildman–Crippen MR) is 66.5 cm³/mol. The Balaban J connectivity index is 1.76. The molecule has 1 aliphatic carbocycles. The molecule has 3 N–H and O–H groups in total. The number of carbonyl (C=O) groups is 1.